The van der Waals surface area contributed by atoms with Gasteiger partial charge in [0.25, 0.3) is 11.8 Å². The number of benzene rings is 1. The van der Waals surface area contributed by atoms with Crippen molar-refractivity contribution >= 4 is 17.5 Å². The summed E-state index contributed by atoms with van der Waals surface area (Å²) < 4.78 is 10.4. The molecular weight excluding hydrogens is 334 g/mol. The van der Waals surface area contributed by atoms with Crippen LogP contribution < -0.4 is 20.1 Å². The van der Waals surface area contributed by atoms with E-state index in [0.717, 1.165) is 0 Å². The van der Waals surface area contributed by atoms with Crippen molar-refractivity contribution in [3.63, 3.8) is 0 Å². The van der Waals surface area contributed by atoms with Gasteiger partial charge in [0.1, 0.15) is 17.2 Å². The number of amides is 2. The average Bonchev–Trinajstić information content (AvgIpc) is 2.60. The van der Waals surface area contributed by atoms with Crippen molar-refractivity contribution in [2.75, 3.05) is 19.5 Å². The second-order valence-electron chi connectivity index (χ2n) is 6.65. The molecule has 0 spiro atoms. The summed E-state index contributed by atoms with van der Waals surface area (Å²) in [4.78, 5) is 28.8. The topological polar surface area (TPSA) is 89.5 Å². The molecule has 1 heterocycles. The summed E-state index contributed by atoms with van der Waals surface area (Å²) in [5.41, 5.74) is 0.593. The van der Waals surface area contributed by atoms with Crippen LogP contribution >= 0.6 is 0 Å². The van der Waals surface area contributed by atoms with Gasteiger partial charge in [0.15, 0.2) is 0 Å². The molecule has 0 saturated heterocycles. The largest absolute Gasteiger partial charge is 0.497 e. The van der Waals surface area contributed by atoms with Gasteiger partial charge in [0.2, 0.25) is 0 Å². The van der Waals surface area contributed by atoms with E-state index in [1.165, 1.54) is 19.4 Å². The Balaban J connectivity index is 2.20. The number of carbonyl (C=O) groups is 2. The Morgan fingerprint density at radius 2 is 1.73 bits per heavy atom. The minimum absolute atomic E-state index is 0.175. The fourth-order valence-corrected chi connectivity index (χ4v) is 2.20. The van der Waals surface area contributed by atoms with Crippen LogP contribution in [-0.2, 0) is 0 Å². The third-order valence-corrected chi connectivity index (χ3v) is 3.40. The maximum Gasteiger partial charge on any atom is 0.270 e. The zero-order chi connectivity index (χ0) is 19.3. The molecule has 7 nitrogen and oxygen atoms in total. The van der Waals surface area contributed by atoms with Crippen molar-refractivity contribution in [1.29, 1.82) is 0 Å². The van der Waals surface area contributed by atoms with E-state index in [2.05, 4.69) is 15.6 Å². The second kappa shape index (κ2) is 7.86. The minimum Gasteiger partial charge on any atom is -0.497 e. The summed E-state index contributed by atoms with van der Waals surface area (Å²) in [6.07, 6.45) is 1.43. The number of anilines is 1. The summed E-state index contributed by atoms with van der Waals surface area (Å²) in [7, 11) is 3.06. The first-order valence-corrected chi connectivity index (χ1v) is 8.05. The number of aromatic nitrogens is 1. The van der Waals surface area contributed by atoms with Gasteiger partial charge >= 0.3 is 0 Å². The molecule has 0 atom stereocenters. The Morgan fingerprint density at radius 1 is 1.00 bits per heavy atom. The molecule has 2 N–H and O–H groups in total. The Labute approximate surface area is 152 Å². The molecule has 7 heteroatoms. The van der Waals surface area contributed by atoms with E-state index in [1.807, 2.05) is 20.8 Å². The Kier molecular flexibility index (Phi) is 5.82. The minimum atomic E-state index is -0.395. The maximum atomic E-state index is 12.5. The quantitative estimate of drug-likeness (QED) is 0.859. The van der Waals surface area contributed by atoms with Gasteiger partial charge in [0.05, 0.1) is 19.9 Å². The lowest BCUT2D eigenvalue weighted by Crippen LogP contribution is -2.41. The van der Waals surface area contributed by atoms with Crippen molar-refractivity contribution in [1.82, 2.24) is 10.3 Å². The molecular formula is C19H23N3O4. The number of rotatable bonds is 5. The highest BCUT2D eigenvalue weighted by atomic mass is 16.5. The van der Waals surface area contributed by atoms with Gasteiger partial charge in [-0.2, -0.15) is 0 Å². The highest BCUT2D eigenvalue weighted by molar-refractivity contribution is 6.06. The number of nitrogens with one attached hydrogen (secondary N) is 2. The zero-order valence-corrected chi connectivity index (χ0v) is 15.5. The molecule has 0 radical (unpaired) electrons. The standard InChI is InChI=1S/C19H23N3O4/c1-19(2,3)22-18(24)15-10-12(8-9-20-15)17(23)21-14-7-6-13(25-4)11-16(14)26-5/h6-11H,1-5H3,(H,21,23)(H,22,24). The molecule has 0 aliphatic heterocycles. The fraction of sp³-hybridized carbons (Fsp3) is 0.316. The molecule has 0 bridgehead atoms. The van der Waals surface area contributed by atoms with Crippen LogP contribution in [0.25, 0.3) is 0 Å². The molecule has 0 aliphatic rings. The molecule has 0 unspecified atom stereocenters. The Bertz CT molecular complexity index is 813. The molecule has 0 fully saturated rings. The molecule has 2 rings (SSSR count). The molecule has 26 heavy (non-hydrogen) atoms. The number of ether oxygens (including phenoxy) is 2. The van der Waals surface area contributed by atoms with Gasteiger partial charge < -0.3 is 20.1 Å². The zero-order valence-electron chi connectivity index (χ0n) is 15.5. The number of hydrogen-bond acceptors (Lipinski definition) is 5. The normalized spacial score (nSPS) is 10.8. The van der Waals surface area contributed by atoms with E-state index in [4.69, 9.17) is 9.47 Å². The van der Waals surface area contributed by atoms with Crippen LogP contribution in [0.1, 0.15) is 41.6 Å². The first-order chi connectivity index (χ1) is 12.2. The van der Waals surface area contributed by atoms with E-state index in [1.54, 1.807) is 31.4 Å². The fourth-order valence-electron chi connectivity index (χ4n) is 2.20. The highest BCUT2D eigenvalue weighted by Gasteiger charge is 2.18. The van der Waals surface area contributed by atoms with E-state index in [0.29, 0.717) is 22.7 Å². The molecule has 0 saturated carbocycles. The number of nitrogens with zero attached hydrogens (tertiary/aromatic N) is 1. The smallest absolute Gasteiger partial charge is 0.270 e. The van der Waals surface area contributed by atoms with Crippen LogP contribution in [0, 0.1) is 0 Å². The van der Waals surface area contributed by atoms with Crippen molar-refractivity contribution in [3.8, 4) is 11.5 Å². The second-order valence-corrected chi connectivity index (χ2v) is 6.65. The summed E-state index contributed by atoms with van der Waals surface area (Å²) in [6.45, 7) is 5.62. The van der Waals surface area contributed by atoms with E-state index in [-0.39, 0.29) is 17.5 Å². The van der Waals surface area contributed by atoms with Crippen molar-refractivity contribution in [3.05, 3.63) is 47.8 Å². The first kappa shape index (κ1) is 19.2. The SMILES string of the molecule is COc1ccc(NC(=O)c2ccnc(C(=O)NC(C)(C)C)c2)c(OC)c1. The monoisotopic (exact) mass is 357 g/mol. The summed E-state index contributed by atoms with van der Waals surface area (Å²) in [5, 5.41) is 5.58. The van der Waals surface area contributed by atoms with Crippen LogP contribution in [0.2, 0.25) is 0 Å². The summed E-state index contributed by atoms with van der Waals surface area (Å²) in [5.74, 6) is 0.372. The Morgan fingerprint density at radius 3 is 2.35 bits per heavy atom. The average molecular weight is 357 g/mol. The van der Waals surface area contributed by atoms with Crippen molar-refractivity contribution in [2.24, 2.45) is 0 Å². The van der Waals surface area contributed by atoms with Gasteiger partial charge in [-0.15, -0.1) is 0 Å². The summed E-state index contributed by atoms with van der Waals surface area (Å²) >= 11 is 0. The van der Waals surface area contributed by atoms with Crippen LogP contribution in [0.15, 0.2) is 36.5 Å². The lowest BCUT2D eigenvalue weighted by molar-refractivity contribution is 0.0914. The number of hydrogen-bond donors (Lipinski definition) is 2. The van der Waals surface area contributed by atoms with Gasteiger partial charge in [-0.25, -0.2) is 0 Å². The Hall–Kier alpha value is -3.09. The maximum absolute atomic E-state index is 12.5. The lowest BCUT2D eigenvalue weighted by atomic mass is 10.1. The van der Waals surface area contributed by atoms with Gasteiger partial charge in [-0.1, -0.05) is 0 Å². The van der Waals surface area contributed by atoms with Gasteiger partial charge in [-0.3, -0.25) is 14.6 Å². The number of methoxy groups -OCH3 is 2. The third-order valence-electron chi connectivity index (χ3n) is 3.40. The lowest BCUT2D eigenvalue weighted by Gasteiger charge is -2.20. The highest BCUT2D eigenvalue weighted by Crippen LogP contribution is 2.29. The first-order valence-electron chi connectivity index (χ1n) is 8.05. The van der Waals surface area contributed by atoms with Crippen LogP contribution in [0.5, 0.6) is 11.5 Å². The van der Waals surface area contributed by atoms with Crippen LogP contribution in [0.3, 0.4) is 0 Å². The third kappa shape index (κ3) is 4.95. The molecule has 0 aliphatic carbocycles. The molecule has 2 amide bonds. The molecule has 138 valence electrons. The van der Waals surface area contributed by atoms with Crippen molar-refractivity contribution < 1.29 is 19.1 Å². The predicted molar refractivity (Wildman–Crippen MR) is 99.0 cm³/mol. The molecule has 1 aromatic heterocycles. The summed E-state index contributed by atoms with van der Waals surface area (Å²) in [6, 6.07) is 8.06. The molecule has 1 aromatic carbocycles. The number of pyridine rings is 1. The van der Waals surface area contributed by atoms with Gasteiger partial charge in [0, 0.05) is 23.4 Å². The van der Waals surface area contributed by atoms with Crippen molar-refractivity contribution in [2.45, 2.75) is 26.3 Å². The van der Waals surface area contributed by atoms with E-state index in [9.17, 15) is 9.59 Å². The van der Waals surface area contributed by atoms with E-state index >= 15 is 0 Å². The van der Waals surface area contributed by atoms with Gasteiger partial charge in [-0.05, 0) is 45.0 Å². The number of carbonyl (C=O) groups excluding carboxylic acids is 2. The van der Waals surface area contributed by atoms with Crippen LogP contribution in [0.4, 0.5) is 5.69 Å². The van der Waals surface area contributed by atoms with E-state index < -0.39 is 5.54 Å². The molecule has 2 aromatic rings. The predicted octanol–water partition coefficient (Wildman–Crippen LogP) is 2.88. The van der Waals surface area contributed by atoms with Crippen LogP contribution in [-0.4, -0.2) is 36.6 Å².